The molecule has 0 aromatic rings. The fourth-order valence-corrected chi connectivity index (χ4v) is 1.80. The third-order valence-electron chi connectivity index (χ3n) is 3.44. The lowest BCUT2D eigenvalue weighted by atomic mass is 10.0. The second-order valence-electron chi connectivity index (χ2n) is 4.90. The second-order valence-corrected chi connectivity index (χ2v) is 4.90. The van der Waals surface area contributed by atoms with Crippen LogP contribution in [0.2, 0.25) is 0 Å². The zero-order valence-electron chi connectivity index (χ0n) is 12.8. The van der Waals surface area contributed by atoms with Gasteiger partial charge in [-0.15, -0.1) is 0 Å². The first-order chi connectivity index (χ1) is 9.33. The minimum Gasteiger partial charge on any atom is -0.481 e. The molecular weight excluding hydrogens is 260 g/mol. The van der Waals surface area contributed by atoms with E-state index in [0.29, 0.717) is 25.9 Å². The van der Waals surface area contributed by atoms with Crippen molar-refractivity contribution in [3.8, 4) is 0 Å². The summed E-state index contributed by atoms with van der Waals surface area (Å²) in [7, 11) is 0. The number of hydrogen-bond acceptors (Lipinski definition) is 3. The van der Waals surface area contributed by atoms with Gasteiger partial charge < -0.3 is 15.3 Å². The van der Waals surface area contributed by atoms with Crippen molar-refractivity contribution in [1.82, 2.24) is 10.2 Å². The van der Waals surface area contributed by atoms with Crippen LogP contribution < -0.4 is 5.32 Å². The fraction of sp³-hybridized carbons (Fsp3) is 0.786. The maximum atomic E-state index is 11.7. The number of carbonyl (C=O) groups excluding carboxylic acids is 2. The second kappa shape index (κ2) is 9.34. The Balaban J connectivity index is 4.00. The molecule has 0 aromatic carbocycles. The van der Waals surface area contributed by atoms with Gasteiger partial charge >= 0.3 is 5.97 Å². The normalized spacial score (nSPS) is 13.4. The lowest BCUT2D eigenvalue weighted by Gasteiger charge is -2.19. The molecule has 0 fully saturated rings. The maximum absolute atomic E-state index is 11.7. The fourth-order valence-electron chi connectivity index (χ4n) is 1.80. The van der Waals surface area contributed by atoms with Crippen molar-refractivity contribution in [2.24, 2.45) is 5.92 Å². The Kier molecular flexibility index (Phi) is 8.59. The van der Waals surface area contributed by atoms with Crippen molar-refractivity contribution < 1.29 is 19.5 Å². The van der Waals surface area contributed by atoms with Gasteiger partial charge in [-0.05, 0) is 34.1 Å². The van der Waals surface area contributed by atoms with E-state index in [1.807, 2.05) is 13.8 Å². The van der Waals surface area contributed by atoms with E-state index >= 15 is 0 Å². The molecule has 2 atom stereocenters. The summed E-state index contributed by atoms with van der Waals surface area (Å²) in [5, 5.41) is 11.5. The topological polar surface area (TPSA) is 86.7 Å². The molecule has 0 spiro atoms. The summed E-state index contributed by atoms with van der Waals surface area (Å²) in [6.07, 6.45) is 1.07. The van der Waals surface area contributed by atoms with E-state index in [2.05, 4.69) is 5.32 Å². The van der Waals surface area contributed by atoms with Crippen LogP contribution in [0, 0.1) is 5.92 Å². The number of carboxylic acids is 1. The summed E-state index contributed by atoms with van der Waals surface area (Å²) >= 11 is 0. The van der Waals surface area contributed by atoms with Crippen LogP contribution in [-0.2, 0) is 14.4 Å². The number of rotatable bonds is 9. The number of carboxylic acid groups (broad SMARTS) is 1. The van der Waals surface area contributed by atoms with Gasteiger partial charge in [-0.1, -0.05) is 0 Å². The van der Waals surface area contributed by atoms with Crippen molar-refractivity contribution in [3.05, 3.63) is 0 Å². The Morgan fingerprint density at radius 3 is 2.10 bits per heavy atom. The predicted molar refractivity (Wildman–Crippen MR) is 76.2 cm³/mol. The average molecular weight is 286 g/mol. The maximum Gasteiger partial charge on any atom is 0.308 e. The zero-order valence-corrected chi connectivity index (χ0v) is 12.8. The Morgan fingerprint density at radius 1 is 1.10 bits per heavy atom. The lowest BCUT2D eigenvalue weighted by Crippen LogP contribution is -2.40. The number of aliphatic carboxylic acids is 1. The molecule has 0 aliphatic rings. The largest absolute Gasteiger partial charge is 0.481 e. The van der Waals surface area contributed by atoms with E-state index in [1.54, 1.807) is 18.7 Å². The molecule has 0 rings (SSSR count). The standard InChI is InChI=1S/C14H26N2O4/c1-5-16(6-2)13(18)9-7-8-12(17)15-11(4)10(3)14(19)20/h10-11H,5-9H2,1-4H3,(H,15,17)(H,19,20). The number of hydrogen-bond donors (Lipinski definition) is 2. The number of nitrogens with one attached hydrogen (secondary N) is 1. The zero-order chi connectivity index (χ0) is 15.7. The highest BCUT2D eigenvalue weighted by molar-refractivity contribution is 5.79. The molecule has 0 aliphatic heterocycles. The summed E-state index contributed by atoms with van der Waals surface area (Å²) in [5.41, 5.74) is 0. The molecule has 2 unspecified atom stereocenters. The van der Waals surface area contributed by atoms with Crippen LogP contribution in [0.15, 0.2) is 0 Å². The van der Waals surface area contributed by atoms with Gasteiger partial charge in [0, 0.05) is 32.0 Å². The van der Waals surface area contributed by atoms with Gasteiger partial charge in [-0.2, -0.15) is 0 Å². The lowest BCUT2D eigenvalue weighted by molar-refractivity contribution is -0.142. The van der Waals surface area contributed by atoms with Crippen LogP contribution in [0.3, 0.4) is 0 Å². The molecule has 0 aromatic heterocycles. The minimum atomic E-state index is -0.936. The Morgan fingerprint density at radius 2 is 1.65 bits per heavy atom. The van der Waals surface area contributed by atoms with Gasteiger partial charge in [-0.3, -0.25) is 14.4 Å². The van der Waals surface area contributed by atoms with Crippen LogP contribution in [0.1, 0.15) is 47.0 Å². The summed E-state index contributed by atoms with van der Waals surface area (Å²) in [6, 6.07) is -0.418. The molecule has 6 nitrogen and oxygen atoms in total. The SMILES string of the molecule is CCN(CC)C(=O)CCCC(=O)NC(C)C(C)C(=O)O. The Labute approximate surface area is 120 Å². The van der Waals surface area contributed by atoms with Gasteiger partial charge in [0.15, 0.2) is 0 Å². The van der Waals surface area contributed by atoms with Gasteiger partial charge in [0.1, 0.15) is 0 Å². The van der Waals surface area contributed by atoms with Gasteiger partial charge in [0.2, 0.25) is 11.8 Å². The van der Waals surface area contributed by atoms with Crippen molar-refractivity contribution in [3.63, 3.8) is 0 Å². The molecule has 0 saturated carbocycles. The van der Waals surface area contributed by atoms with Crippen molar-refractivity contribution in [2.45, 2.75) is 53.0 Å². The van der Waals surface area contributed by atoms with Crippen LogP contribution in [0.5, 0.6) is 0 Å². The van der Waals surface area contributed by atoms with Gasteiger partial charge in [-0.25, -0.2) is 0 Å². The van der Waals surface area contributed by atoms with Crippen molar-refractivity contribution >= 4 is 17.8 Å². The van der Waals surface area contributed by atoms with Crippen molar-refractivity contribution in [2.75, 3.05) is 13.1 Å². The molecule has 0 saturated heterocycles. The first-order valence-electron chi connectivity index (χ1n) is 7.13. The number of carbonyl (C=O) groups is 3. The van der Waals surface area contributed by atoms with Gasteiger partial charge in [0.25, 0.3) is 0 Å². The minimum absolute atomic E-state index is 0.0507. The monoisotopic (exact) mass is 286 g/mol. The average Bonchev–Trinajstić information content (AvgIpc) is 2.38. The molecule has 2 N–H and O–H groups in total. The van der Waals surface area contributed by atoms with Crippen LogP contribution in [-0.4, -0.2) is 46.9 Å². The molecule has 6 heteroatoms. The Hall–Kier alpha value is -1.59. The van der Waals surface area contributed by atoms with Crippen LogP contribution in [0.4, 0.5) is 0 Å². The highest BCUT2D eigenvalue weighted by Crippen LogP contribution is 2.05. The third kappa shape index (κ3) is 6.54. The molecular formula is C14H26N2O4. The highest BCUT2D eigenvalue weighted by Gasteiger charge is 2.20. The smallest absolute Gasteiger partial charge is 0.308 e. The molecule has 0 heterocycles. The van der Waals surface area contributed by atoms with E-state index in [4.69, 9.17) is 5.11 Å². The Bertz CT molecular complexity index is 340. The third-order valence-corrected chi connectivity index (χ3v) is 3.44. The first-order valence-corrected chi connectivity index (χ1v) is 7.13. The molecule has 0 bridgehead atoms. The summed E-state index contributed by atoms with van der Waals surface area (Å²) in [6.45, 7) is 8.41. The number of nitrogens with zero attached hydrogens (tertiary/aromatic N) is 1. The summed E-state index contributed by atoms with van der Waals surface area (Å²) in [4.78, 5) is 35.9. The summed E-state index contributed by atoms with van der Waals surface area (Å²) in [5.74, 6) is -1.72. The van der Waals surface area contributed by atoms with E-state index in [-0.39, 0.29) is 18.2 Å². The molecule has 20 heavy (non-hydrogen) atoms. The molecule has 0 aliphatic carbocycles. The molecule has 0 radical (unpaired) electrons. The first kappa shape index (κ1) is 18.4. The van der Waals surface area contributed by atoms with E-state index in [0.717, 1.165) is 0 Å². The quantitative estimate of drug-likeness (QED) is 0.668. The van der Waals surface area contributed by atoms with E-state index in [1.165, 1.54) is 0 Å². The van der Waals surface area contributed by atoms with Crippen molar-refractivity contribution in [1.29, 1.82) is 0 Å². The van der Waals surface area contributed by atoms with Gasteiger partial charge in [0.05, 0.1) is 5.92 Å². The van der Waals surface area contributed by atoms with Crippen LogP contribution in [0.25, 0.3) is 0 Å². The predicted octanol–water partition coefficient (Wildman–Crippen LogP) is 1.25. The molecule has 2 amide bonds. The summed E-state index contributed by atoms with van der Waals surface area (Å²) < 4.78 is 0. The van der Waals surface area contributed by atoms with E-state index in [9.17, 15) is 14.4 Å². The highest BCUT2D eigenvalue weighted by atomic mass is 16.4. The number of amides is 2. The van der Waals surface area contributed by atoms with E-state index < -0.39 is 17.9 Å². The molecule has 116 valence electrons. The van der Waals surface area contributed by atoms with Crippen LogP contribution >= 0.6 is 0 Å².